The van der Waals surface area contributed by atoms with Gasteiger partial charge in [-0.25, -0.2) is 14.6 Å². The monoisotopic (exact) mass is 298 g/mol. The highest BCUT2D eigenvalue weighted by atomic mass is 15.3. The van der Waals surface area contributed by atoms with Crippen LogP contribution in [-0.4, -0.2) is 46.4 Å². The van der Waals surface area contributed by atoms with Gasteiger partial charge < -0.3 is 4.98 Å². The first-order valence-corrected chi connectivity index (χ1v) is 7.49. The minimum atomic E-state index is 0.813. The van der Waals surface area contributed by atoms with Crippen molar-refractivity contribution in [2.45, 2.75) is 33.0 Å². The Morgan fingerprint density at radius 1 is 1.36 bits per heavy atom. The van der Waals surface area contributed by atoms with Gasteiger partial charge in [-0.15, -0.1) is 0 Å². The van der Waals surface area contributed by atoms with Crippen LogP contribution in [0.5, 0.6) is 0 Å². The third kappa shape index (κ3) is 2.31. The highest BCUT2D eigenvalue weighted by Crippen LogP contribution is 2.22. The lowest BCUT2D eigenvalue weighted by Crippen LogP contribution is -2.31. The van der Waals surface area contributed by atoms with Gasteiger partial charge in [0.2, 0.25) is 0 Å². The van der Waals surface area contributed by atoms with Crippen molar-refractivity contribution < 1.29 is 0 Å². The largest absolute Gasteiger partial charge is 0.340 e. The average Bonchev–Trinajstić information content (AvgIpc) is 3.26. The van der Waals surface area contributed by atoms with Crippen LogP contribution in [0, 0.1) is 0 Å². The molecule has 0 fully saturated rings. The van der Waals surface area contributed by atoms with E-state index in [4.69, 9.17) is 0 Å². The van der Waals surface area contributed by atoms with Crippen molar-refractivity contribution in [3.05, 3.63) is 35.9 Å². The zero-order chi connectivity index (χ0) is 14.9. The fourth-order valence-electron chi connectivity index (χ4n) is 2.88. The number of imidazole rings is 1. The van der Waals surface area contributed by atoms with E-state index in [0.29, 0.717) is 0 Å². The SMILES string of the molecule is CCn1ncnc1CN1CCc2nc(-c3cn[nH]c3)[nH]c2C1. The van der Waals surface area contributed by atoms with Crippen molar-refractivity contribution in [2.24, 2.45) is 0 Å². The van der Waals surface area contributed by atoms with Gasteiger partial charge in [0, 0.05) is 32.3 Å². The molecule has 0 unspecified atom stereocenters. The third-order valence-corrected chi connectivity index (χ3v) is 4.04. The number of fused-ring (bicyclic) bond motifs is 1. The average molecular weight is 298 g/mol. The first kappa shape index (κ1) is 13.2. The van der Waals surface area contributed by atoms with E-state index in [1.807, 2.05) is 10.9 Å². The van der Waals surface area contributed by atoms with Crippen LogP contribution in [0.4, 0.5) is 0 Å². The molecule has 3 aromatic rings. The third-order valence-electron chi connectivity index (χ3n) is 4.04. The molecule has 4 rings (SSSR count). The van der Waals surface area contributed by atoms with Crippen LogP contribution in [0.25, 0.3) is 11.4 Å². The minimum Gasteiger partial charge on any atom is -0.340 e. The molecule has 0 saturated heterocycles. The molecule has 1 aliphatic rings. The summed E-state index contributed by atoms with van der Waals surface area (Å²) in [5.41, 5.74) is 3.33. The molecule has 22 heavy (non-hydrogen) atoms. The van der Waals surface area contributed by atoms with Crippen molar-refractivity contribution >= 4 is 0 Å². The Bertz CT molecular complexity index is 754. The van der Waals surface area contributed by atoms with Gasteiger partial charge in [-0.1, -0.05) is 0 Å². The summed E-state index contributed by atoms with van der Waals surface area (Å²) in [7, 11) is 0. The molecule has 0 amide bonds. The molecule has 0 spiro atoms. The van der Waals surface area contributed by atoms with Crippen LogP contribution in [0.15, 0.2) is 18.7 Å². The van der Waals surface area contributed by atoms with Crippen LogP contribution in [0.1, 0.15) is 24.1 Å². The summed E-state index contributed by atoms with van der Waals surface area (Å²) in [6.07, 6.45) is 6.21. The van der Waals surface area contributed by atoms with Crippen LogP contribution in [0.2, 0.25) is 0 Å². The molecular weight excluding hydrogens is 280 g/mol. The summed E-state index contributed by atoms with van der Waals surface area (Å²) >= 11 is 0. The van der Waals surface area contributed by atoms with E-state index in [9.17, 15) is 0 Å². The van der Waals surface area contributed by atoms with Crippen molar-refractivity contribution in [2.75, 3.05) is 6.54 Å². The van der Waals surface area contributed by atoms with E-state index < -0.39 is 0 Å². The van der Waals surface area contributed by atoms with E-state index in [0.717, 1.165) is 55.5 Å². The maximum absolute atomic E-state index is 4.68. The van der Waals surface area contributed by atoms with Crippen LogP contribution < -0.4 is 0 Å². The second-order valence-corrected chi connectivity index (χ2v) is 5.45. The zero-order valence-corrected chi connectivity index (χ0v) is 12.5. The van der Waals surface area contributed by atoms with Crippen molar-refractivity contribution in [3.63, 3.8) is 0 Å². The molecule has 0 bridgehead atoms. The highest BCUT2D eigenvalue weighted by molar-refractivity contribution is 5.53. The molecule has 0 atom stereocenters. The number of nitrogens with one attached hydrogen (secondary N) is 2. The molecule has 4 heterocycles. The van der Waals surface area contributed by atoms with Crippen molar-refractivity contribution in [3.8, 4) is 11.4 Å². The highest BCUT2D eigenvalue weighted by Gasteiger charge is 2.22. The Kier molecular flexibility index (Phi) is 3.23. The van der Waals surface area contributed by atoms with E-state index in [2.05, 4.69) is 42.1 Å². The molecule has 0 radical (unpaired) electrons. The fraction of sp³-hybridized carbons (Fsp3) is 0.429. The predicted octanol–water partition coefficient (Wildman–Crippen LogP) is 0.969. The second-order valence-electron chi connectivity index (χ2n) is 5.45. The predicted molar refractivity (Wildman–Crippen MR) is 79.7 cm³/mol. The van der Waals surface area contributed by atoms with Crippen LogP contribution in [0.3, 0.4) is 0 Å². The molecular formula is C14H18N8. The molecule has 1 aliphatic heterocycles. The summed E-state index contributed by atoms with van der Waals surface area (Å²) in [6.45, 7) is 5.59. The van der Waals surface area contributed by atoms with Gasteiger partial charge in [0.25, 0.3) is 0 Å². The molecule has 8 nitrogen and oxygen atoms in total. The Balaban J connectivity index is 1.52. The minimum absolute atomic E-state index is 0.813. The van der Waals surface area contributed by atoms with Gasteiger partial charge in [0.15, 0.2) is 0 Å². The lowest BCUT2D eigenvalue weighted by Gasteiger charge is -2.25. The summed E-state index contributed by atoms with van der Waals surface area (Å²) in [4.78, 5) is 14.8. The van der Waals surface area contributed by atoms with Gasteiger partial charge in [0.1, 0.15) is 18.0 Å². The van der Waals surface area contributed by atoms with Crippen molar-refractivity contribution in [1.82, 2.24) is 39.8 Å². The number of H-pyrrole nitrogens is 2. The van der Waals surface area contributed by atoms with Gasteiger partial charge in [0.05, 0.1) is 29.7 Å². The van der Waals surface area contributed by atoms with Gasteiger partial charge in [-0.2, -0.15) is 10.2 Å². The fourth-order valence-corrected chi connectivity index (χ4v) is 2.88. The Morgan fingerprint density at radius 3 is 3.14 bits per heavy atom. The Labute approximate surface area is 127 Å². The molecule has 8 heteroatoms. The quantitative estimate of drug-likeness (QED) is 0.749. The number of aromatic amines is 2. The van der Waals surface area contributed by atoms with Crippen LogP contribution in [-0.2, 0) is 26.1 Å². The van der Waals surface area contributed by atoms with E-state index in [1.54, 1.807) is 12.5 Å². The van der Waals surface area contributed by atoms with Crippen LogP contribution >= 0.6 is 0 Å². The van der Waals surface area contributed by atoms with Gasteiger partial charge in [-0.3, -0.25) is 10.00 Å². The lowest BCUT2D eigenvalue weighted by atomic mass is 10.1. The van der Waals surface area contributed by atoms with Gasteiger partial charge in [-0.05, 0) is 6.92 Å². The van der Waals surface area contributed by atoms with E-state index in [-0.39, 0.29) is 0 Å². The standard InChI is InChI=1S/C14H18N8/c1-2-22-13(15-9-18-22)8-21-4-3-11-12(7-21)20-14(19-11)10-5-16-17-6-10/h5-6,9H,2-4,7-8H2,1H3,(H,16,17)(H,19,20). The molecule has 114 valence electrons. The number of nitrogens with zero attached hydrogens (tertiary/aromatic N) is 6. The maximum atomic E-state index is 4.68. The Morgan fingerprint density at radius 2 is 2.32 bits per heavy atom. The maximum Gasteiger partial charge on any atom is 0.141 e. The molecule has 3 aromatic heterocycles. The van der Waals surface area contributed by atoms with E-state index >= 15 is 0 Å². The number of rotatable bonds is 4. The topological polar surface area (TPSA) is 91.3 Å². The molecule has 2 N–H and O–H groups in total. The second kappa shape index (κ2) is 5.38. The first-order chi connectivity index (χ1) is 10.8. The normalized spacial score (nSPS) is 15.1. The summed E-state index contributed by atoms with van der Waals surface area (Å²) in [6, 6.07) is 0. The summed E-state index contributed by atoms with van der Waals surface area (Å²) in [5.74, 6) is 1.90. The number of aromatic nitrogens is 7. The lowest BCUT2D eigenvalue weighted by molar-refractivity contribution is 0.231. The molecule has 0 aromatic carbocycles. The van der Waals surface area contributed by atoms with E-state index in [1.165, 1.54) is 5.69 Å². The summed E-state index contributed by atoms with van der Waals surface area (Å²) < 4.78 is 1.94. The smallest absolute Gasteiger partial charge is 0.141 e. The number of hydrogen-bond donors (Lipinski definition) is 2. The van der Waals surface area contributed by atoms with Crippen molar-refractivity contribution in [1.29, 1.82) is 0 Å². The first-order valence-electron chi connectivity index (χ1n) is 7.49. The molecule has 0 aliphatic carbocycles. The van der Waals surface area contributed by atoms with Gasteiger partial charge >= 0.3 is 0 Å². The number of hydrogen-bond acceptors (Lipinski definition) is 5. The summed E-state index contributed by atoms with van der Waals surface area (Å²) in [5, 5.41) is 11.0. The zero-order valence-electron chi connectivity index (χ0n) is 12.5. The Hall–Kier alpha value is -2.48. The molecule has 0 saturated carbocycles. The number of aryl methyl sites for hydroxylation is 1.